The van der Waals surface area contributed by atoms with Crippen molar-refractivity contribution in [3.8, 4) is 11.6 Å². The number of carbonyl (C=O) groups is 3. The molecule has 1 unspecified atom stereocenters. The molecule has 2 amide bonds. The van der Waals surface area contributed by atoms with Gasteiger partial charge in [-0.2, -0.15) is 0 Å². The summed E-state index contributed by atoms with van der Waals surface area (Å²) >= 11 is 0. The second-order valence-electron chi connectivity index (χ2n) is 13.5. The van der Waals surface area contributed by atoms with E-state index in [1.807, 2.05) is 39.8 Å². The number of aryl methyl sites for hydroxylation is 1. The Balaban J connectivity index is 1.55. The van der Waals surface area contributed by atoms with Crippen LogP contribution in [0.4, 0.5) is 4.79 Å². The average Bonchev–Trinajstić information content (AvgIpc) is 3.37. The number of aliphatic carboxylic acids is 1. The number of carboxylic acid groups (broad SMARTS) is 1. The van der Waals surface area contributed by atoms with Gasteiger partial charge in [-0.3, -0.25) is 4.79 Å². The maximum atomic E-state index is 14.2. The summed E-state index contributed by atoms with van der Waals surface area (Å²) in [6.07, 6.45) is 8.93. The van der Waals surface area contributed by atoms with Crippen LogP contribution in [0.3, 0.4) is 0 Å². The maximum absolute atomic E-state index is 14.2. The number of nitrogens with one attached hydrogen (secondary N) is 1. The lowest BCUT2D eigenvalue weighted by Gasteiger charge is -2.35. The number of methoxy groups -OCH3 is 1. The molecule has 1 aliphatic carbocycles. The Kier molecular flexibility index (Phi) is 9.84. The van der Waals surface area contributed by atoms with Crippen LogP contribution in [0.15, 0.2) is 30.4 Å². The number of carboxylic acids is 1. The summed E-state index contributed by atoms with van der Waals surface area (Å²) in [5, 5.41) is 13.2. The number of rotatable bonds is 3. The van der Waals surface area contributed by atoms with Crippen molar-refractivity contribution in [1.29, 1.82) is 0 Å². The molecule has 5 rings (SSSR count). The van der Waals surface area contributed by atoms with Gasteiger partial charge in [0.25, 0.3) is 0 Å². The van der Waals surface area contributed by atoms with Gasteiger partial charge in [-0.15, -0.1) is 0 Å². The van der Waals surface area contributed by atoms with Crippen molar-refractivity contribution in [2.24, 2.45) is 17.3 Å². The van der Waals surface area contributed by atoms with Crippen molar-refractivity contribution < 1.29 is 33.7 Å². The first-order valence-electron chi connectivity index (χ1n) is 16.2. The van der Waals surface area contributed by atoms with Gasteiger partial charge in [-0.1, -0.05) is 52.7 Å². The minimum absolute atomic E-state index is 0.0321. The molecule has 244 valence electrons. The summed E-state index contributed by atoms with van der Waals surface area (Å²) in [4.78, 5) is 51.3. The molecule has 11 nitrogen and oxygen atoms in total. The maximum Gasteiger partial charge on any atom is 0.408 e. The highest BCUT2D eigenvalue weighted by atomic mass is 16.6. The Labute approximate surface area is 264 Å². The van der Waals surface area contributed by atoms with Gasteiger partial charge in [-0.25, -0.2) is 19.6 Å². The fraction of sp³-hybridized carbons (Fsp3) is 0.618. The molecule has 0 saturated carbocycles. The molecule has 6 atom stereocenters. The smallest absolute Gasteiger partial charge is 0.408 e. The van der Waals surface area contributed by atoms with Crippen LogP contribution < -0.4 is 14.8 Å². The third kappa shape index (κ3) is 7.17. The predicted molar refractivity (Wildman–Crippen MR) is 168 cm³/mol. The van der Waals surface area contributed by atoms with Gasteiger partial charge in [0, 0.05) is 17.9 Å². The zero-order valence-corrected chi connectivity index (χ0v) is 27.0. The van der Waals surface area contributed by atoms with Crippen molar-refractivity contribution in [3.05, 3.63) is 36.0 Å². The molecule has 3 heterocycles. The van der Waals surface area contributed by atoms with Crippen molar-refractivity contribution in [2.75, 3.05) is 13.7 Å². The van der Waals surface area contributed by atoms with Crippen LogP contribution in [0.25, 0.3) is 11.0 Å². The molecule has 2 N–H and O–H groups in total. The van der Waals surface area contributed by atoms with Crippen molar-refractivity contribution in [2.45, 2.75) is 103 Å². The van der Waals surface area contributed by atoms with Crippen LogP contribution in [0.5, 0.6) is 11.6 Å². The Hall–Kier alpha value is -3.89. The molecule has 11 heteroatoms. The van der Waals surface area contributed by atoms with E-state index in [1.54, 1.807) is 13.2 Å². The number of alkyl carbamates (subject to hydrolysis) is 1. The summed E-state index contributed by atoms with van der Waals surface area (Å²) in [5.74, 6) is -1.03. The van der Waals surface area contributed by atoms with Crippen molar-refractivity contribution in [3.63, 3.8) is 0 Å². The highest BCUT2D eigenvalue weighted by molar-refractivity contribution is 5.90. The second kappa shape index (κ2) is 13.6. The molecule has 2 bridgehead atoms. The molecule has 1 fully saturated rings. The number of hydrogen-bond acceptors (Lipinski definition) is 8. The molecule has 1 aromatic carbocycles. The Morgan fingerprint density at radius 3 is 2.60 bits per heavy atom. The fourth-order valence-electron chi connectivity index (χ4n) is 6.86. The van der Waals surface area contributed by atoms with Crippen LogP contribution in [-0.2, 0) is 20.7 Å². The summed E-state index contributed by atoms with van der Waals surface area (Å²) in [6.45, 7) is 7.46. The lowest BCUT2D eigenvalue weighted by molar-refractivity contribution is -0.151. The first-order valence-corrected chi connectivity index (χ1v) is 16.2. The monoisotopic (exact) mass is 622 g/mol. The summed E-state index contributed by atoms with van der Waals surface area (Å²) < 4.78 is 17.9. The standard InChI is InChI=1S/C34H46N4O7/c1-6-22-27-19-38(28(22)32(40)41)31(39)29(34(2,3)4)37-33(42)45-26-15-11-10-13-20(26)12-8-7-9-14-24-30(44-27)36-25-18-21(43-5)16-17-23(25)35-24/h10,13,16-18,20,22,26-29H,6-9,11-12,14-15,19H2,1-5H3,(H,37,42)(H,40,41)/t20-,22-,26-,27+,28?,29-/m1/s1. The fourth-order valence-corrected chi connectivity index (χ4v) is 6.86. The Morgan fingerprint density at radius 1 is 1.09 bits per heavy atom. The third-order valence-electron chi connectivity index (χ3n) is 9.34. The quantitative estimate of drug-likeness (QED) is 0.437. The Morgan fingerprint density at radius 2 is 1.89 bits per heavy atom. The molecule has 1 saturated heterocycles. The molecule has 3 aliphatic rings. The van der Waals surface area contributed by atoms with E-state index in [-0.39, 0.29) is 18.6 Å². The van der Waals surface area contributed by atoms with Gasteiger partial charge in [0.15, 0.2) is 0 Å². The van der Waals surface area contributed by atoms with Gasteiger partial charge < -0.3 is 29.5 Å². The van der Waals surface area contributed by atoms with Crippen molar-refractivity contribution >= 4 is 29.0 Å². The molecule has 1 aromatic heterocycles. The van der Waals surface area contributed by atoms with E-state index in [2.05, 4.69) is 17.5 Å². The van der Waals surface area contributed by atoms with Crippen molar-refractivity contribution in [1.82, 2.24) is 20.2 Å². The zero-order valence-electron chi connectivity index (χ0n) is 27.0. The van der Waals surface area contributed by atoms with Gasteiger partial charge in [0.1, 0.15) is 35.7 Å². The first-order chi connectivity index (χ1) is 21.5. The van der Waals surface area contributed by atoms with E-state index >= 15 is 0 Å². The summed E-state index contributed by atoms with van der Waals surface area (Å²) in [6, 6.07) is 3.36. The van der Waals surface area contributed by atoms with E-state index in [0.717, 1.165) is 37.6 Å². The van der Waals surface area contributed by atoms with Crippen LogP contribution in [0.2, 0.25) is 0 Å². The van der Waals surface area contributed by atoms with Crippen LogP contribution in [0.1, 0.15) is 78.3 Å². The highest BCUT2D eigenvalue weighted by Gasteiger charge is 2.51. The zero-order chi connectivity index (χ0) is 32.3. The lowest BCUT2D eigenvalue weighted by atomic mass is 9.85. The van der Waals surface area contributed by atoms with Crippen LogP contribution in [-0.4, -0.2) is 75.9 Å². The third-order valence-corrected chi connectivity index (χ3v) is 9.34. The number of aromatic nitrogens is 2. The summed E-state index contributed by atoms with van der Waals surface area (Å²) in [7, 11) is 1.59. The van der Waals surface area contributed by atoms with Gasteiger partial charge in [0.2, 0.25) is 11.8 Å². The van der Waals surface area contributed by atoms with Gasteiger partial charge in [-0.05, 0) is 56.1 Å². The Bertz CT molecular complexity index is 1440. The minimum atomic E-state index is -1.14. The van der Waals surface area contributed by atoms with E-state index < -0.39 is 47.5 Å². The van der Waals surface area contributed by atoms with Crippen LogP contribution in [0, 0.1) is 17.3 Å². The molecular formula is C34H46N4O7. The molecule has 2 aromatic rings. The number of allylic oxidation sites excluding steroid dienone is 1. The lowest BCUT2D eigenvalue weighted by Crippen LogP contribution is -2.57. The minimum Gasteiger partial charge on any atom is -0.497 e. The molecular weight excluding hydrogens is 576 g/mol. The molecule has 45 heavy (non-hydrogen) atoms. The number of carbonyl (C=O) groups excluding carboxylic acids is 2. The number of nitrogens with zero attached hydrogens (tertiary/aromatic N) is 3. The first kappa shape index (κ1) is 32.5. The van der Waals surface area contributed by atoms with Gasteiger partial charge >= 0.3 is 12.1 Å². The highest BCUT2D eigenvalue weighted by Crippen LogP contribution is 2.35. The molecule has 0 radical (unpaired) electrons. The van der Waals surface area contributed by atoms with Crippen LogP contribution >= 0.6 is 0 Å². The topological polar surface area (TPSA) is 140 Å². The second-order valence-corrected chi connectivity index (χ2v) is 13.5. The largest absolute Gasteiger partial charge is 0.497 e. The average molecular weight is 623 g/mol. The SMILES string of the molecule is CC[C@H]1C(C(=O)O)N2C[C@@H]1Oc1nc3cc(OC)ccc3nc1CCCCC[C@@H]1C=CCC[C@H]1OC(=O)N[C@@H](C(C)(C)C)C2=O. The number of fused-ring (bicyclic) bond motifs is 5. The van der Waals surface area contributed by atoms with Gasteiger partial charge in [0.05, 0.1) is 24.7 Å². The number of benzene rings is 1. The summed E-state index contributed by atoms with van der Waals surface area (Å²) in [5.41, 5.74) is 1.31. The van der Waals surface area contributed by atoms with E-state index in [0.29, 0.717) is 42.1 Å². The van der Waals surface area contributed by atoms with E-state index in [4.69, 9.17) is 24.2 Å². The predicted octanol–water partition coefficient (Wildman–Crippen LogP) is 5.30. The normalized spacial score (nSPS) is 28.2. The van der Waals surface area contributed by atoms with E-state index in [1.165, 1.54) is 4.90 Å². The number of ether oxygens (including phenoxy) is 3. The van der Waals surface area contributed by atoms with E-state index in [9.17, 15) is 19.5 Å². The molecule has 2 aliphatic heterocycles. The molecule has 0 spiro atoms. The number of hydrogen-bond donors (Lipinski definition) is 2. The number of amides is 2.